The summed E-state index contributed by atoms with van der Waals surface area (Å²) in [6.07, 6.45) is 0. The predicted molar refractivity (Wildman–Crippen MR) is 57.0 cm³/mol. The maximum Gasteiger partial charge on any atom is 0.250 e. The van der Waals surface area contributed by atoms with Gasteiger partial charge in [-0.3, -0.25) is 4.79 Å². The van der Waals surface area contributed by atoms with Gasteiger partial charge >= 0.3 is 0 Å². The standard InChI is InChI=1S/C9H9Cl2NO2/c1-14-5-9(13)12-8-3-2-6(10)4-7(8)11/h2-4H,5H2,1H3,(H,12,13). The maximum absolute atomic E-state index is 11.1. The Morgan fingerprint density at radius 3 is 2.79 bits per heavy atom. The molecule has 0 atom stereocenters. The minimum atomic E-state index is -0.253. The number of rotatable bonds is 3. The van der Waals surface area contributed by atoms with Crippen molar-refractivity contribution in [2.75, 3.05) is 19.0 Å². The Balaban J connectivity index is 2.72. The number of ether oxygens (including phenoxy) is 1. The summed E-state index contributed by atoms with van der Waals surface area (Å²) in [6.45, 7) is -0.00104. The zero-order valence-corrected chi connectivity index (χ0v) is 9.02. The van der Waals surface area contributed by atoms with Gasteiger partial charge in [0.15, 0.2) is 0 Å². The topological polar surface area (TPSA) is 38.3 Å². The summed E-state index contributed by atoms with van der Waals surface area (Å²) in [6, 6.07) is 4.85. The summed E-state index contributed by atoms with van der Waals surface area (Å²) in [5.41, 5.74) is 0.526. The van der Waals surface area contributed by atoms with Gasteiger partial charge < -0.3 is 10.1 Å². The molecule has 0 aromatic heterocycles. The van der Waals surface area contributed by atoms with Gasteiger partial charge in [0.25, 0.3) is 0 Å². The Morgan fingerprint density at radius 1 is 1.50 bits per heavy atom. The highest BCUT2D eigenvalue weighted by Gasteiger charge is 2.05. The Labute approximate surface area is 92.0 Å². The van der Waals surface area contributed by atoms with Crippen LogP contribution in [0.4, 0.5) is 5.69 Å². The van der Waals surface area contributed by atoms with E-state index >= 15 is 0 Å². The summed E-state index contributed by atoms with van der Waals surface area (Å²) in [5.74, 6) is -0.253. The maximum atomic E-state index is 11.1. The third kappa shape index (κ3) is 3.18. The zero-order valence-electron chi connectivity index (χ0n) is 7.51. The molecule has 0 aliphatic carbocycles. The molecule has 0 radical (unpaired) electrons. The van der Waals surface area contributed by atoms with Crippen molar-refractivity contribution >= 4 is 34.8 Å². The van der Waals surface area contributed by atoms with Gasteiger partial charge in [0.2, 0.25) is 5.91 Å². The third-order valence-electron chi connectivity index (χ3n) is 1.48. The molecule has 0 fully saturated rings. The fourth-order valence-electron chi connectivity index (χ4n) is 0.908. The Bertz CT molecular complexity index is 342. The lowest BCUT2D eigenvalue weighted by Gasteiger charge is -2.06. The van der Waals surface area contributed by atoms with Gasteiger partial charge in [-0.15, -0.1) is 0 Å². The monoisotopic (exact) mass is 233 g/mol. The van der Waals surface area contributed by atoms with Gasteiger partial charge in [-0.2, -0.15) is 0 Å². The van der Waals surface area contributed by atoms with Gasteiger partial charge in [0.05, 0.1) is 10.7 Å². The molecule has 0 spiro atoms. The average Bonchev–Trinajstić information content (AvgIpc) is 2.10. The molecule has 1 aromatic rings. The number of benzene rings is 1. The van der Waals surface area contributed by atoms with Crippen molar-refractivity contribution in [3.8, 4) is 0 Å². The van der Waals surface area contributed by atoms with Gasteiger partial charge in [-0.05, 0) is 18.2 Å². The minimum absolute atomic E-state index is 0.00104. The molecule has 0 saturated carbocycles. The van der Waals surface area contributed by atoms with Gasteiger partial charge in [-0.1, -0.05) is 23.2 Å². The van der Waals surface area contributed by atoms with E-state index in [1.54, 1.807) is 18.2 Å². The number of anilines is 1. The quantitative estimate of drug-likeness (QED) is 0.872. The Kier molecular flexibility index (Phi) is 4.20. The normalized spacial score (nSPS) is 9.93. The molecule has 5 heteroatoms. The number of carbonyl (C=O) groups is 1. The molecule has 3 nitrogen and oxygen atoms in total. The Hall–Kier alpha value is -0.770. The van der Waals surface area contributed by atoms with Crippen molar-refractivity contribution in [2.24, 2.45) is 0 Å². The lowest BCUT2D eigenvalue weighted by molar-refractivity contribution is -0.119. The smallest absolute Gasteiger partial charge is 0.250 e. The van der Waals surface area contributed by atoms with Crippen LogP contribution in [0.25, 0.3) is 0 Å². The van der Waals surface area contributed by atoms with Gasteiger partial charge in [0.1, 0.15) is 6.61 Å². The van der Waals surface area contributed by atoms with Crippen molar-refractivity contribution in [1.82, 2.24) is 0 Å². The van der Waals surface area contributed by atoms with Crippen LogP contribution in [0.5, 0.6) is 0 Å². The number of hydrogen-bond acceptors (Lipinski definition) is 2. The number of methoxy groups -OCH3 is 1. The van der Waals surface area contributed by atoms with E-state index in [0.29, 0.717) is 15.7 Å². The van der Waals surface area contributed by atoms with Crippen LogP contribution in [0, 0.1) is 0 Å². The summed E-state index contributed by atoms with van der Waals surface area (Å²) in [4.78, 5) is 11.1. The number of carbonyl (C=O) groups excluding carboxylic acids is 1. The van der Waals surface area contributed by atoms with E-state index in [1.165, 1.54) is 7.11 Å². The Morgan fingerprint density at radius 2 is 2.21 bits per heavy atom. The molecule has 0 aliphatic rings. The van der Waals surface area contributed by atoms with Crippen LogP contribution < -0.4 is 5.32 Å². The molecule has 0 unspecified atom stereocenters. The fourth-order valence-corrected chi connectivity index (χ4v) is 1.36. The van der Waals surface area contributed by atoms with E-state index in [-0.39, 0.29) is 12.5 Å². The highest BCUT2D eigenvalue weighted by atomic mass is 35.5. The average molecular weight is 234 g/mol. The van der Waals surface area contributed by atoms with E-state index in [4.69, 9.17) is 23.2 Å². The van der Waals surface area contributed by atoms with Crippen molar-refractivity contribution in [3.63, 3.8) is 0 Å². The molecule has 1 aromatic carbocycles. The largest absolute Gasteiger partial charge is 0.375 e. The molecule has 0 aliphatic heterocycles. The van der Waals surface area contributed by atoms with E-state index in [0.717, 1.165) is 0 Å². The molecular weight excluding hydrogens is 225 g/mol. The van der Waals surface area contributed by atoms with Gasteiger partial charge in [0, 0.05) is 12.1 Å². The molecule has 0 bridgehead atoms. The van der Waals surface area contributed by atoms with Crippen molar-refractivity contribution < 1.29 is 9.53 Å². The van der Waals surface area contributed by atoms with Crippen molar-refractivity contribution in [2.45, 2.75) is 0 Å². The zero-order chi connectivity index (χ0) is 10.6. The van der Waals surface area contributed by atoms with E-state index < -0.39 is 0 Å². The summed E-state index contributed by atoms with van der Waals surface area (Å²) < 4.78 is 4.66. The van der Waals surface area contributed by atoms with Crippen LogP contribution in [0.2, 0.25) is 10.0 Å². The fraction of sp³-hybridized carbons (Fsp3) is 0.222. The highest BCUT2D eigenvalue weighted by molar-refractivity contribution is 6.36. The van der Waals surface area contributed by atoms with Crippen LogP contribution in [0.15, 0.2) is 18.2 Å². The van der Waals surface area contributed by atoms with Crippen molar-refractivity contribution in [1.29, 1.82) is 0 Å². The second kappa shape index (κ2) is 5.20. The molecule has 14 heavy (non-hydrogen) atoms. The highest BCUT2D eigenvalue weighted by Crippen LogP contribution is 2.25. The lowest BCUT2D eigenvalue weighted by Crippen LogP contribution is -2.17. The SMILES string of the molecule is COCC(=O)Nc1ccc(Cl)cc1Cl. The van der Waals surface area contributed by atoms with Crippen molar-refractivity contribution in [3.05, 3.63) is 28.2 Å². The van der Waals surface area contributed by atoms with E-state index in [2.05, 4.69) is 10.1 Å². The number of nitrogens with one attached hydrogen (secondary N) is 1. The minimum Gasteiger partial charge on any atom is -0.375 e. The first-order valence-electron chi connectivity index (χ1n) is 3.87. The molecular formula is C9H9Cl2NO2. The molecule has 1 N–H and O–H groups in total. The van der Waals surface area contributed by atoms with Crippen LogP contribution >= 0.6 is 23.2 Å². The molecule has 0 heterocycles. The second-order valence-corrected chi connectivity index (χ2v) is 3.45. The van der Waals surface area contributed by atoms with Gasteiger partial charge in [-0.25, -0.2) is 0 Å². The number of amides is 1. The van der Waals surface area contributed by atoms with E-state index in [1.807, 2.05) is 0 Å². The van der Waals surface area contributed by atoms with Crippen LogP contribution in [0.3, 0.4) is 0 Å². The third-order valence-corrected chi connectivity index (χ3v) is 2.03. The summed E-state index contributed by atoms with van der Waals surface area (Å²) in [7, 11) is 1.45. The van der Waals surface area contributed by atoms with Crippen LogP contribution in [-0.4, -0.2) is 19.6 Å². The lowest BCUT2D eigenvalue weighted by atomic mass is 10.3. The van der Waals surface area contributed by atoms with Crippen LogP contribution in [0.1, 0.15) is 0 Å². The summed E-state index contributed by atoms with van der Waals surface area (Å²) >= 11 is 11.5. The van der Waals surface area contributed by atoms with Crippen LogP contribution in [-0.2, 0) is 9.53 Å². The number of hydrogen-bond donors (Lipinski definition) is 1. The number of halogens is 2. The molecule has 76 valence electrons. The molecule has 0 saturated heterocycles. The second-order valence-electron chi connectivity index (χ2n) is 2.61. The summed E-state index contributed by atoms with van der Waals surface area (Å²) in [5, 5.41) is 3.52. The van der Waals surface area contributed by atoms with E-state index in [9.17, 15) is 4.79 Å². The first-order chi connectivity index (χ1) is 6.63. The molecule has 1 amide bonds. The predicted octanol–water partition coefficient (Wildman–Crippen LogP) is 2.58. The first-order valence-corrected chi connectivity index (χ1v) is 4.63. The first kappa shape index (κ1) is 11.3. The molecule has 1 rings (SSSR count).